The van der Waals surface area contributed by atoms with Crippen molar-refractivity contribution in [3.05, 3.63) is 52.7 Å². The summed E-state index contributed by atoms with van der Waals surface area (Å²) in [7, 11) is 3.16. The van der Waals surface area contributed by atoms with E-state index in [9.17, 15) is 24.0 Å². The van der Waals surface area contributed by atoms with Gasteiger partial charge in [0.05, 0.1) is 13.2 Å². The van der Waals surface area contributed by atoms with Crippen LogP contribution >= 0.6 is 11.3 Å². The molecule has 0 fully saturated rings. The molecule has 0 unspecified atom stereocenters. The highest BCUT2D eigenvalue weighted by molar-refractivity contribution is 7.19. The Morgan fingerprint density at radius 2 is 1.75 bits per heavy atom. The van der Waals surface area contributed by atoms with Crippen molar-refractivity contribution in [3.8, 4) is 0 Å². The Bertz CT molecular complexity index is 1410. The number of ether oxygens (including phenoxy) is 1. The van der Waals surface area contributed by atoms with Crippen LogP contribution in [0.15, 0.2) is 36.5 Å². The Hall–Kier alpha value is -3.79. The van der Waals surface area contributed by atoms with Crippen molar-refractivity contribution in [2.45, 2.75) is 65.3 Å². The van der Waals surface area contributed by atoms with Crippen molar-refractivity contribution in [1.29, 1.82) is 0 Å². The van der Waals surface area contributed by atoms with Gasteiger partial charge in [-0.1, -0.05) is 6.92 Å². The second-order valence-corrected chi connectivity index (χ2v) is 11.4. The normalized spacial score (nSPS) is 12.5. The zero-order chi connectivity index (χ0) is 29.4. The summed E-state index contributed by atoms with van der Waals surface area (Å²) in [6, 6.07) is 8.70. The third-order valence-corrected chi connectivity index (χ3v) is 7.80. The van der Waals surface area contributed by atoms with Gasteiger partial charge in [-0.05, 0) is 68.0 Å². The summed E-state index contributed by atoms with van der Waals surface area (Å²) in [5.41, 5.74) is 2.24. The first kappa shape index (κ1) is 30.7. The summed E-state index contributed by atoms with van der Waals surface area (Å²) in [4.78, 5) is 62.3. The van der Waals surface area contributed by atoms with Crippen molar-refractivity contribution in [1.82, 2.24) is 9.88 Å². The minimum atomic E-state index is -0.695. The number of methoxy groups -OCH3 is 1. The Kier molecular flexibility index (Phi) is 10.8. The molecule has 0 aliphatic heterocycles. The Labute approximate surface area is 238 Å². The van der Waals surface area contributed by atoms with Crippen molar-refractivity contribution in [3.63, 3.8) is 0 Å². The van der Waals surface area contributed by atoms with E-state index in [4.69, 9.17) is 0 Å². The molecule has 40 heavy (non-hydrogen) atoms. The fraction of sp³-hybridized carbons (Fsp3) is 0.433. The molecule has 10 heteroatoms. The van der Waals surface area contributed by atoms with Gasteiger partial charge in [-0.25, -0.2) is 0 Å². The number of carbonyl (C=O) groups is 5. The molecule has 214 valence electrons. The molecular formula is C30H37N3O6S. The van der Waals surface area contributed by atoms with Crippen molar-refractivity contribution < 1.29 is 28.7 Å². The fourth-order valence-corrected chi connectivity index (χ4v) is 5.46. The number of amides is 2. The molecule has 2 heterocycles. The SMILES string of the molecule is COC(=O)CCCCC(=O)C[C@@H](C)C(=O)N[C@@H](C)C(=O)Cc1cc2cc(NC(=O)c3cc(C)cn3C)ccc2s1. The number of unbranched alkanes of at least 4 members (excludes halogenated alkanes) is 1. The van der Waals surface area contributed by atoms with Gasteiger partial charge in [0, 0.05) is 60.1 Å². The largest absolute Gasteiger partial charge is 0.469 e. The predicted octanol–water partition coefficient (Wildman–Crippen LogP) is 4.75. The average Bonchev–Trinajstić information content (AvgIpc) is 3.46. The number of nitrogens with one attached hydrogen (secondary N) is 2. The number of Topliss-reactive ketones (excluding diaryl/α,β-unsaturated/α-hetero) is 2. The standard InChI is InChI=1S/C30H37N3O6S/c1-18-12-25(33(4)17-18)30(38)32-22-10-11-27-21(14-22)15-24(40-27)16-26(35)20(3)31-29(37)19(2)13-23(34)8-6-7-9-28(36)39-5/h10-12,14-15,17,19-20H,6-9,13,16H2,1-5H3,(H,31,37)(H,32,38)/t19-,20+/m1/s1. The first-order valence-corrected chi connectivity index (χ1v) is 14.2. The van der Waals surface area contributed by atoms with Crippen LogP contribution < -0.4 is 10.6 Å². The van der Waals surface area contributed by atoms with E-state index < -0.39 is 12.0 Å². The number of fused-ring (bicyclic) bond motifs is 1. The molecule has 0 saturated carbocycles. The van der Waals surface area contributed by atoms with E-state index in [-0.39, 0.29) is 48.6 Å². The second-order valence-electron chi connectivity index (χ2n) is 10.2. The molecule has 3 rings (SSSR count). The van der Waals surface area contributed by atoms with E-state index in [2.05, 4.69) is 15.4 Å². The van der Waals surface area contributed by atoms with Crippen LogP contribution in [0.4, 0.5) is 5.69 Å². The highest BCUT2D eigenvalue weighted by Crippen LogP contribution is 2.29. The minimum Gasteiger partial charge on any atom is -0.469 e. The molecule has 1 aromatic carbocycles. The third kappa shape index (κ3) is 8.61. The van der Waals surface area contributed by atoms with Crippen LogP contribution in [0.1, 0.15) is 66.9 Å². The first-order chi connectivity index (χ1) is 19.0. The molecule has 3 aromatic rings. The zero-order valence-corrected chi connectivity index (χ0v) is 24.5. The summed E-state index contributed by atoms with van der Waals surface area (Å²) in [6.07, 6.45) is 3.83. The van der Waals surface area contributed by atoms with Gasteiger partial charge in [0.1, 0.15) is 11.5 Å². The molecule has 2 aromatic heterocycles. The smallest absolute Gasteiger partial charge is 0.305 e. The van der Waals surface area contributed by atoms with Crippen LogP contribution in [0, 0.1) is 12.8 Å². The maximum Gasteiger partial charge on any atom is 0.305 e. The van der Waals surface area contributed by atoms with Crippen LogP contribution in [0.5, 0.6) is 0 Å². The average molecular weight is 568 g/mol. The summed E-state index contributed by atoms with van der Waals surface area (Å²) in [5, 5.41) is 6.58. The Morgan fingerprint density at radius 3 is 2.42 bits per heavy atom. The number of nitrogens with zero attached hydrogens (tertiary/aromatic N) is 1. The van der Waals surface area contributed by atoms with Gasteiger partial charge in [0.2, 0.25) is 5.91 Å². The lowest BCUT2D eigenvalue weighted by Crippen LogP contribution is -2.42. The number of anilines is 1. The van der Waals surface area contributed by atoms with E-state index in [0.29, 0.717) is 30.6 Å². The molecule has 2 atom stereocenters. The van der Waals surface area contributed by atoms with Gasteiger partial charge < -0.3 is 19.9 Å². The van der Waals surface area contributed by atoms with E-state index in [1.54, 1.807) is 18.4 Å². The molecule has 0 spiro atoms. The summed E-state index contributed by atoms with van der Waals surface area (Å²) >= 11 is 1.49. The number of aryl methyl sites for hydroxylation is 2. The number of aromatic nitrogens is 1. The number of rotatable bonds is 14. The third-order valence-electron chi connectivity index (χ3n) is 6.69. The zero-order valence-electron chi connectivity index (χ0n) is 23.7. The molecule has 0 saturated heterocycles. The molecule has 0 radical (unpaired) electrons. The monoisotopic (exact) mass is 567 g/mol. The topological polar surface area (TPSA) is 124 Å². The molecule has 2 amide bonds. The fourth-order valence-electron chi connectivity index (χ4n) is 4.40. The van der Waals surface area contributed by atoms with Crippen molar-refractivity contribution in [2.75, 3.05) is 12.4 Å². The van der Waals surface area contributed by atoms with Gasteiger partial charge in [-0.15, -0.1) is 11.3 Å². The molecule has 0 bridgehead atoms. The number of benzene rings is 1. The summed E-state index contributed by atoms with van der Waals surface area (Å²) < 4.78 is 7.35. The predicted molar refractivity (Wildman–Crippen MR) is 156 cm³/mol. The molecule has 0 aliphatic carbocycles. The lowest BCUT2D eigenvalue weighted by Gasteiger charge is -2.16. The van der Waals surface area contributed by atoms with Crippen LogP contribution in [0.2, 0.25) is 0 Å². The lowest BCUT2D eigenvalue weighted by atomic mass is 9.99. The van der Waals surface area contributed by atoms with E-state index in [1.807, 2.05) is 50.5 Å². The van der Waals surface area contributed by atoms with E-state index in [1.165, 1.54) is 18.4 Å². The number of esters is 1. The Balaban J connectivity index is 1.49. The second kappa shape index (κ2) is 14.0. The van der Waals surface area contributed by atoms with Crippen LogP contribution in [0.3, 0.4) is 0 Å². The lowest BCUT2D eigenvalue weighted by molar-refractivity contribution is -0.140. The van der Waals surface area contributed by atoms with Crippen LogP contribution in [0.25, 0.3) is 10.1 Å². The van der Waals surface area contributed by atoms with Gasteiger partial charge in [0.15, 0.2) is 5.78 Å². The maximum atomic E-state index is 12.9. The van der Waals surface area contributed by atoms with E-state index >= 15 is 0 Å². The minimum absolute atomic E-state index is 0.0499. The number of carbonyl (C=O) groups excluding carboxylic acids is 5. The van der Waals surface area contributed by atoms with Gasteiger partial charge in [0.25, 0.3) is 5.91 Å². The van der Waals surface area contributed by atoms with Gasteiger partial charge in [-0.2, -0.15) is 0 Å². The van der Waals surface area contributed by atoms with Crippen LogP contribution in [-0.4, -0.2) is 47.1 Å². The number of hydrogen-bond donors (Lipinski definition) is 2. The number of ketones is 2. The van der Waals surface area contributed by atoms with Gasteiger partial charge >= 0.3 is 5.97 Å². The molecular weight excluding hydrogens is 530 g/mol. The molecule has 0 aliphatic rings. The quantitative estimate of drug-likeness (QED) is 0.214. The highest BCUT2D eigenvalue weighted by Gasteiger charge is 2.22. The van der Waals surface area contributed by atoms with Crippen LogP contribution in [-0.2, 0) is 37.4 Å². The summed E-state index contributed by atoms with van der Waals surface area (Å²) in [5.74, 6) is -1.57. The van der Waals surface area contributed by atoms with Crippen molar-refractivity contribution in [2.24, 2.45) is 13.0 Å². The van der Waals surface area contributed by atoms with Gasteiger partial charge in [-0.3, -0.25) is 24.0 Å². The number of hydrogen-bond acceptors (Lipinski definition) is 7. The van der Waals surface area contributed by atoms with E-state index in [0.717, 1.165) is 20.5 Å². The van der Waals surface area contributed by atoms with Crippen molar-refractivity contribution >= 4 is 56.5 Å². The first-order valence-electron chi connectivity index (χ1n) is 13.3. The summed E-state index contributed by atoms with van der Waals surface area (Å²) in [6.45, 7) is 5.25. The molecule has 9 nitrogen and oxygen atoms in total. The number of thiophene rings is 1. The highest BCUT2D eigenvalue weighted by atomic mass is 32.1. The Morgan fingerprint density at radius 1 is 1.02 bits per heavy atom. The maximum absolute atomic E-state index is 12.9. The molecule has 2 N–H and O–H groups in total.